The summed E-state index contributed by atoms with van der Waals surface area (Å²) in [6, 6.07) is 7.72. The van der Waals surface area contributed by atoms with E-state index in [0.29, 0.717) is 25.8 Å². The Morgan fingerprint density at radius 2 is 1.57 bits per heavy atom. The van der Waals surface area contributed by atoms with E-state index in [1.165, 1.54) is 6.92 Å². The maximum Gasteiger partial charge on any atom is 0.320 e. The molecule has 0 saturated carbocycles. The Hall–Kier alpha value is -2.69. The molecule has 1 aromatic carbocycles. The molecule has 0 fully saturated rings. The zero-order valence-electron chi connectivity index (χ0n) is 15.6. The average Bonchev–Trinajstić information content (AvgIpc) is 2.59. The Balaban J connectivity index is 0. The van der Waals surface area contributed by atoms with Crippen LogP contribution in [0, 0.1) is 5.41 Å². The Kier molecular flexibility index (Phi) is 16.2. The van der Waals surface area contributed by atoms with E-state index in [1.807, 2.05) is 30.3 Å². The molecular weight excluding hydrogens is 390 g/mol. The number of carboxylic acids is 2. The van der Waals surface area contributed by atoms with Gasteiger partial charge in [-0.15, -0.1) is 0 Å². The summed E-state index contributed by atoms with van der Waals surface area (Å²) in [6.45, 7) is 1.78. The van der Waals surface area contributed by atoms with Gasteiger partial charge in [0.25, 0.3) is 0 Å². The van der Waals surface area contributed by atoms with Crippen molar-refractivity contribution in [3.63, 3.8) is 0 Å². The van der Waals surface area contributed by atoms with E-state index in [4.69, 9.17) is 32.8 Å². The highest BCUT2D eigenvalue weighted by Crippen LogP contribution is 2.01. The van der Waals surface area contributed by atoms with Crippen LogP contribution in [0.1, 0.15) is 25.3 Å². The van der Waals surface area contributed by atoms with E-state index in [1.54, 1.807) is 0 Å². The van der Waals surface area contributed by atoms with E-state index in [9.17, 15) is 14.4 Å². The Bertz CT molecular complexity index is 611. The zero-order chi connectivity index (χ0) is 22.1. The van der Waals surface area contributed by atoms with Crippen LogP contribution in [0.4, 0.5) is 0 Å². The number of hydrogen-bond acceptors (Lipinski definition) is 6. The van der Waals surface area contributed by atoms with E-state index in [-0.39, 0.29) is 11.2 Å². The molecule has 0 amide bonds. The molecule has 0 saturated heterocycles. The number of carbonyl (C=O) groups excluding carboxylic acids is 1. The molecule has 11 heteroatoms. The van der Waals surface area contributed by atoms with Gasteiger partial charge < -0.3 is 32.7 Å². The minimum atomic E-state index is -1.00. The third-order valence-corrected chi connectivity index (χ3v) is 2.94. The second-order valence-electron chi connectivity index (χ2n) is 5.53. The standard InChI is InChI=1S/C9H11NO2.C6H14N4O2.C2H3ClO/c10-8(9(11)12)6-7-4-2-1-3-5-7;7-4(5(11)12)2-1-3-10-6(8)9;1-2(3)4/h1-5,8H,6,10H2,(H,11,12);4H,1-3,7H2,(H,11,12)(H4,8,9,10);1H3. The quantitative estimate of drug-likeness (QED) is 0.132. The van der Waals surface area contributed by atoms with Crippen molar-refractivity contribution in [3.8, 4) is 0 Å². The van der Waals surface area contributed by atoms with E-state index in [0.717, 1.165) is 5.56 Å². The number of aliphatic carboxylic acids is 2. The number of nitrogens with one attached hydrogen (secondary N) is 2. The van der Waals surface area contributed by atoms with Crippen LogP contribution >= 0.6 is 11.6 Å². The van der Waals surface area contributed by atoms with Crippen LogP contribution in [0.15, 0.2) is 30.3 Å². The first kappa shape index (κ1) is 27.5. The fourth-order valence-corrected chi connectivity index (χ4v) is 1.62. The number of nitrogens with two attached hydrogens (primary N) is 3. The largest absolute Gasteiger partial charge is 0.480 e. The van der Waals surface area contributed by atoms with Crippen molar-refractivity contribution in [2.24, 2.45) is 17.2 Å². The molecule has 0 aliphatic carbocycles. The van der Waals surface area contributed by atoms with Crippen LogP contribution in [0.3, 0.4) is 0 Å². The van der Waals surface area contributed by atoms with Crippen LogP contribution in [0.2, 0.25) is 0 Å². The smallest absolute Gasteiger partial charge is 0.320 e. The van der Waals surface area contributed by atoms with E-state index < -0.39 is 24.0 Å². The molecule has 2 atom stereocenters. The van der Waals surface area contributed by atoms with Crippen molar-refractivity contribution in [2.45, 2.75) is 38.3 Å². The molecule has 2 unspecified atom stereocenters. The minimum absolute atomic E-state index is 0.112. The average molecular weight is 418 g/mol. The molecule has 0 spiro atoms. The lowest BCUT2D eigenvalue weighted by molar-refractivity contribution is -0.139. The topological polar surface area (TPSA) is 206 Å². The van der Waals surface area contributed by atoms with Crippen LogP contribution in [-0.4, -0.2) is 52.0 Å². The summed E-state index contributed by atoms with van der Waals surface area (Å²) in [4.78, 5) is 29.8. The van der Waals surface area contributed by atoms with Crippen molar-refractivity contribution in [2.75, 3.05) is 6.54 Å². The summed E-state index contributed by atoms with van der Waals surface area (Å²) < 4.78 is 0. The fourth-order valence-electron chi connectivity index (χ4n) is 1.62. The highest BCUT2D eigenvalue weighted by Gasteiger charge is 2.11. The summed E-state index contributed by atoms with van der Waals surface area (Å²) in [5, 5.41) is 25.9. The third-order valence-electron chi connectivity index (χ3n) is 2.94. The normalized spacial score (nSPS) is 11.4. The second kappa shape index (κ2) is 16.5. The van der Waals surface area contributed by atoms with Gasteiger partial charge in [0.05, 0.1) is 0 Å². The highest BCUT2D eigenvalue weighted by molar-refractivity contribution is 6.62. The van der Waals surface area contributed by atoms with Crippen LogP contribution in [0.25, 0.3) is 0 Å². The van der Waals surface area contributed by atoms with Gasteiger partial charge in [-0.1, -0.05) is 30.3 Å². The fraction of sp³-hybridized carbons (Fsp3) is 0.412. The number of rotatable bonds is 8. The van der Waals surface area contributed by atoms with Gasteiger partial charge >= 0.3 is 11.9 Å². The van der Waals surface area contributed by atoms with Crippen molar-refractivity contribution < 1.29 is 24.6 Å². The van der Waals surface area contributed by atoms with Gasteiger partial charge in [-0.3, -0.25) is 19.8 Å². The zero-order valence-corrected chi connectivity index (χ0v) is 16.4. The van der Waals surface area contributed by atoms with Crippen molar-refractivity contribution in [1.29, 1.82) is 5.41 Å². The van der Waals surface area contributed by atoms with Gasteiger partial charge in [-0.2, -0.15) is 0 Å². The molecule has 1 rings (SSSR count). The van der Waals surface area contributed by atoms with Gasteiger partial charge in [-0.25, -0.2) is 0 Å². The van der Waals surface area contributed by atoms with Crippen LogP contribution in [0.5, 0.6) is 0 Å². The number of carbonyl (C=O) groups is 3. The molecule has 0 aliphatic rings. The molecule has 0 aromatic heterocycles. The molecule has 0 heterocycles. The molecule has 158 valence electrons. The monoisotopic (exact) mass is 417 g/mol. The summed E-state index contributed by atoms with van der Waals surface area (Å²) in [7, 11) is 0. The second-order valence-corrected chi connectivity index (χ2v) is 6.06. The molecule has 0 bridgehead atoms. The lowest BCUT2D eigenvalue weighted by atomic mass is 10.1. The number of carboxylic acid groups (broad SMARTS) is 2. The predicted octanol–water partition coefficient (Wildman–Crippen LogP) is 0.0743. The van der Waals surface area contributed by atoms with E-state index >= 15 is 0 Å². The number of halogens is 1. The number of guanidine groups is 1. The molecule has 10 nitrogen and oxygen atoms in total. The SMILES string of the molecule is CC(=O)Cl.N=C(N)NCCCC(N)C(=O)O.NC(Cc1ccccc1)C(=O)O. The van der Waals surface area contributed by atoms with Gasteiger partial charge in [-0.05, 0) is 36.4 Å². The summed E-state index contributed by atoms with van der Waals surface area (Å²) >= 11 is 4.64. The number of hydrogen-bond donors (Lipinski definition) is 7. The molecule has 0 radical (unpaired) electrons. The van der Waals surface area contributed by atoms with Crippen LogP contribution < -0.4 is 22.5 Å². The van der Waals surface area contributed by atoms with Gasteiger partial charge in [0.2, 0.25) is 5.24 Å². The predicted molar refractivity (Wildman–Crippen MR) is 107 cm³/mol. The molecule has 10 N–H and O–H groups in total. The molecule has 0 aliphatic heterocycles. The Morgan fingerprint density at radius 3 is 1.96 bits per heavy atom. The number of benzene rings is 1. The first-order valence-electron chi connectivity index (χ1n) is 8.22. The molecule has 28 heavy (non-hydrogen) atoms. The lowest BCUT2D eigenvalue weighted by Crippen LogP contribution is -2.34. The van der Waals surface area contributed by atoms with Gasteiger partial charge in [0.1, 0.15) is 12.1 Å². The summed E-state index contributed by atoms with van der Waals surface area (Å²) in [6.07, 6.45) is 1.36. The first-order chi connectivity index (χ1) is 13.0. The molecular formula is C17H28ClN5O5. The third kappa shape index (κ3) is 19.6. The van der Waals surface area contributed by atoms with Gasteiger partial charge in [0.15, 0.2) is 5.96 Å². The van der Waals surface area contributed by atoms with Gasteiger partial charge in [0, 0.05) is 13.5 Å². The maximum atomic E-state index is 10.4. The van der Waals surface area contributed by atoms with Crippen molar-refractivity contribution >= 4 is 34.7 Å². The van der Waals surface area contributed by atoms with E-state index in [2.05, 4.69) is 16.9 Å². The Labute approximate surface area is 168 Å². The Morgan fingerprint density at radius 1 is 1.11 bits per heavy atom. The van der Waals surface area contributed by atoms with Crippen LogP contribution in [-0.2, 0) is 20.8 Å². The summed E-state index contributed by atoms with van der Waals surface area (Å²) in [5.41, 5.74) is 16.5. The summed E-state index contributed by atoms with van der Waals surface area (Å²) in [5.74, 6) is -2.07. The first-order valence-corrected chi connectivity index (χ1v) is 8.59. The minimum Gasteiger partial charge on any atom is -0.480 e. The molecule has 1 aromatic rings. The van der Waals surface area contributed by atoms with Crippen molar-refractivity contribution in [1.82, 2.24) is 5.32 Å². The maximum absolute atomic E-state index is 10.4. The highest BCUT2D eigenvalue weighted by atomic mass is 35.5. The lowest BCUT2D eigenvalue weighted by Gasteiger charge is -2.06. The van der Waals surface area contributed by atoms with Crippen molar-refractivity contribution in [3.05, 3.63) is 35.9 Å².